The lowest BCUT2D eigenvalue weighted by atomic mass is 10.2. The minimum absolute atomic E-state index is 0.108. The number of ether oxygens (including phenoxy) is 1. The maximum absolute atomic E-state index is 11.0. The second-order valence-electron chi connectivity index (χ2n) is 3.62. The van der Waals surface area contributed by atoms with Crippen LogP contribution in [0.2, 0.25) is 0 Å². The minimum Gasteiger partial charge on any atom is -0.481 e. The van der Waals surface area contributed by atoms with Crippen molar-refractivity contribution < 1.29 is 14.6 Å². The molecule has 0 aliphatic rings. The molecule has 0 amide bonds. The first-order chi connectivity index (χ1) is 9.20. The van der Waals surface area contributed by atoms with Gasteiger partial charge in [-0.2, -0.15) is 0 Å². The molecule has 0 aromatic carbocycles. The molecular weight excluding hydrogens is 248 g/mol. The molecule has 0 aliphatic carbocycles. The number of nitrogens with one attached hydrogen (secondary N) is 1. The van der Waals surface area contributed by atoms with E-state index in [0.29, 0.717) is 12.4 Å². The van der Waals surface area contributed by atoms with Crippen molar-refractivity contribution in [2.75, 3.05) is 12.4 Å². The van der Waals surface area contributed by atoms with Gasteiger partial charge < -0.3 is 15.2 Å². The summed E-state index contributed by atoms with van der Waals surface area (Å²) in [4.78, 5) is 22.7. The van der Waals surface area contributed by atoms with Gasteiger partial charge in [0.2, 0.25) is 5.88 Å². The van der Waals surface area contributed by atoms with Crippen molar-refractivity contribution in [1.82, 2.24) is 15.0 Å². The highest BCUT2D eigenvalue weighted by Gasteiger charge is 2.12. The standard InChI is InChI=1S/C12H12N4O3/c1-19-9-6-8(2-3-13-9)7-16-11-10(12(17)18)14-4-5-15-11/h2-6H,7H2,1H3,(H,15,16)(H,17,18). The van der Waals surface area contributed by atoms with E-state index in [2.05, 4.69) is 20.3 Å². The summed E-state index contributed by atoms with van der Waals surface area (Å²) in [6, 6.07) is 3.55. The number of aromatic nitrogens is 3. The van der Waals surface area contributed by atoms with E-state index >= 15 is 0 Å². The van der Waals surface area contributed by atoms with E-state index in [-0.39, 0.29) is 11.5 Å². The number of methoxy groups -OCH3 is 1. The molecule has 2 aromatic heterocycles. The lowest BCUT2D eigenvalue weighted by molar-refractivity contribution is 0.0691. The summed E-state index contributed by atoms with van der Waals surface area (Å²) in [6.07, 6.45) is 4.39. The van der Waals surface area contributed by atoms with Crippen LogP contribution in [-0.4, -0.2) is 33.1 Å². The average molecular weight is 260 g/mol. The Kier molecular flexibility index (Phi) is 3.87. The zero-order valence-corrected chi connectivity index (χ0v) is 10.2. The van der Waals surface area contributed by atoms with Crippen LogP contribution in [0.5, 0.6) is 5.88 Å². The first-order valence-electron chi connectivity index (χ1n) is 5.48. The fourth-order valence-corrected chi connectivity index (χ4v) is 1.48. The van der Waals surface area contributed by atoms with Crippen molar-refractivity contribution in [3.63, 3.8) is 0 Å². The Hall–Kier alpha value is -2.70. The Morgan fingerprint density at radius 1 is 1.32 bits per heavy atom. The van der Waals surface area contributed by atoms with E-state index in [1.165, 1.54) is 19.5 Å². The van der Waals surface area contributed by atoms with Crippen LogP contribution in [0.15, 0.2) is 30.7 Å². The maximum Gasteiger partial charge on any atom is 0.358 e. The highest BCUT2D eigenvalue weighted by Crippen LogP contribution is 2.12. The summed E-state index contributed by atoms with van der Waals surface area (Å²) in [5.74, 6) is -0.398. The molecule has 2 N–H and O–H groups in total. The summed E-state index contributed by atoms with van der Waals surface area (Å²) in [5.41, 5.74) is 0.789. The molecule has 0 atom stereocenters. The van der Waals surface area contributed by atoms with Gasteiger partial charge in [0.05, 0.1) is 7.11 Å². The summed E-state index contributed by atoms with van der Waals surface area (Å²) in [5, 5.41) is 11.9. The van der Waals surface area contributed by atoms with Crippen molar-refractivity contribution in [2.45, 2.75) is 6.54 Å². The molecule has 0 unspecified atom stereocenters. The van der Waals surface area contributed by atoms with Crippen LogP contribution in [0.1, 0.15) is 16.1 Å². The van der Waals surface area contributed by atoms with Crippen LogP contribution in [0.3, 0.4) is 0 Å². The number of aromatic carboxylic acids is 1. The largest absolute Gasteiger partial charge is 0.481 e. The average Bonchev–Trinajstić information content (AvgIpc) is 2.45. The van der Waals surface area contributed by atoms with Crippen molar-refractivity contribution >= 4 is 11.8 Å². The van der Waals surface area contributed by atoms with Crippen LogP contribution in [0, 0.1) is 0 Å². The van der Waals surface area contributed by atoms with Gasteiger partial charge in [0, 0.05) is 31.2 Å². The lowest BCUT2D eigenvalue weighted by Gasteiger charge is -2.08. The highest BCUT2D eigenvalue weighted by atomic mass is 16.5. The van der Waals surface area contributed by atoms with E-state index in [1.807, 2.05) is 0 Å². The molecule has 0 radical (unpaired) electrons. The van der Waals surface area contributed by atoms with Gasteiger partial charge in [-0.15, -0.1) is 0 Å². The Bertz CT molecular complexity index is 589. The normalized spacial score (nSPS) is 9.95. The molecular formula is C12H12N4O3. The van der Waals surface area contributed by atoms with Gasteiger partial charge in [-0.3, -0.25) is 0 Å². The van der Waals surface area contributed by atoms with Gasteiger partial charge >= 0.3 is 5.97 Å². The number of hydrogen-bond acceptors (Lipinski definition) is 6. The van der Waals surface area contributed by atoms with E-state index in [9.17, 15) is 4.79 Å². The van der Waals surface area contributed by atoms with Crippen molar-refractivity contribution in [1.29, 1.82) is 0 Å². The third-order valence-corrected chi connectivity index (χ3v) is 2.37. The van der Waals surface area contributed by atoms with Crippen LogP contribution < -0.4 is 10.1 Å². The Balaban J connectivity index is 2.12. The summed E-state index contributed by atoms with van der Waals surface area (Å²) in [7, 11) is 1.53. The van der Waals surface area contributed by atoms with Crippen molar-refractivity contribution in [2.24, 2.45) is 0 Å². The van der Waals surface area contributed by atoms with Gasteiger partial charge in [-0.05, 0) is 11.6 Å². The number of nitrogens with zero attached hydrogens (tertiary/aromatic N) is 3. The molecule has 2 aromatic rings. The maximum atomic E-state index is 11.0. The number of pyridine rings is 1. The third kappa shape index (κ3) is 3.15. The molecule has 19 heavy (non-hydrogen) atoms. The molecule has 2 rings (SSSR count). The fraction of sp³-hybridized carbons (Fsp3) is 0.167. The van der Waals surface area contributed by atoms with E-state index < -0.39 is 5.97 Å². The van der Waals surface area contributed by atoms with Crippen LogP contribution in [-0.2, 0) is 6.54 Å². The summed E-state index contributed by atoms with van der Waals surface area (Å²) >= 11 is 0. The Morgan fingerprint density at radius 3 is 2.84 bits per heavy atom. The predicted octanol–water partition coefficient (Wildman–Crippen LogP) is 1.19. The van der Waals surface area contributed by atoms with Gasteiger partial charge in [-0.25, -0.2) is 19.7 Å². The van der Waals surface area contributed by atoms with Crippen molar-refractivity contribution in [3.8, 4) is 5.88 Å². The third-order valence-electron chi connectivity index (χ3n) is 2.37. The number of hydrogen-bond donors (Lipinski definition) is 2. The molecule has 0 fully saturated rings. The van der Waals surface area contributed by atoms with Crippen LogP contribution in [0.25, 0.3) is 0 Å². The molecule has 0 bridgehead atoms. The molecule has 0 aliphatic heterocycles. The van der Waals surface area contributed by atoms with Gasteiger partial charge in [0.25, 0.3) is 0 Å². The number of carboxylic acids is 1. The fourth-order valence-electron chi connectivity index (χ4n) is 1.48. The number of carboxylic acid groups (broad SMARTS) is 1. The Morgan fingerprint density at radius 2 is 2.11 bits per heavy atom. The minimum atomic E-state index is -1.12. The first-order valence-corrected chi connectivity index (χ1v) is 5.48. The number of carbonyl (C=O) groups is 1. The second-order valence-corrected chi connectivity index (χ2v) is 3.62. The van der Waals surface area contributed by atoms with Gasteiger partial charge in [-0.1, -0.05) is 0 Å². The molecule has 7 heteroatoms. The second kappa shape index (κ2) is 5.76. The van der Waals surface area contributed by atoms with Gasteiger partial charge in [0.1, 0.15) is 0 Å². The topological polar surface area (TPSA) is 97.2 Å². The molecule has 7 nitrogen and oxygen atoms in total. The summed E-state index contributed by atoms with van der Waals surface area (Å²) < 4.78 is 5.01. The monoisotopic (exact) mass is 260 g/mol. The number of rotatable bonds is 5. The zero-order chi connectivity index (χ0) is 13.7. The van der Waals surface area contributed by atoms with Crippen molar-refractivity contribution in [3.05, 3.63) is 42.0 Å². The molecule has 0 saturated heterocycles. The van der Waals surface area contributed by atoms with E-state index in [1.54, 1.807) is 18.3 Å². The smallest absolute Gasteiger partial charge is 0.358 e. The lowest BCUT2D eigenvalue weighted by Crippen LogP contribution is -2.10. The summed E-state index contributed by atoms with van der Waals surface area (Å²) in [6.45, 7) is 0.401. The zero-order valence-electron chi connectivity index (χ0n) is 10.2. The molecule has 98 valence electrons. The predicted molar refractivity (Wildman–Crippen MR) is 67.1 cm³/mol. The molecule has 2 heterocycles. The molecule has 0 spiro atoms. The first kappa shape index (κ1) is 12.7. The van der Waals surface area contributed by atoms with Crippen LogP contribution in [0.4, 0.5) is 5.82 Å². The SMILES string of the molecule is COc1cc(CNc2nccnc2C(=O)O)ccn1. The highest BCUT2D eigenvalue weighted by molar-refractivity contribution is 5.90. The quantitative estimate of drug-likeness (QED) is 0.833. The Labute approximate surface area is 109 Å². The van der Waals surface area contributed by atoms with Crippen LogP contribution >= 0.6 is 0 Å². The van der Waals surface area contributed by atoms with E-state index in [0.717, 1.165) is 5.56 Å². The van der Waals surface area contributed by atoms with E-state index in [4.69, 9.17) is 9.84 Å². The van der Waals surface area contributed by atoms with Gasteiger partial charge in [0.15, 0.2) is 11.5 Å². The molecule has 0 saturated carbocycles. The number of anilines is 1.